The van der Waals surface area contributed by atoms with Crippen molar-refractivity contribution in [1.29, 1.82) is 0 Å². The molecule has 1 aromatic heterocycles. The Kier molecular flexibility index (Phi) is 3.76. The molecule has 0 saturated carbocycles. The molecular weight excluding hydrogens is 284 g/mol. The smallest absolute Gasteiger partial charge is 0.104 e. The van der Waals surface area contributed by atoms with Crippen LogP contribution in [0.5, 0.6) is 0 Å². The first kappa shape index (κ1) is 13.6. The zero-order chi connectivity index (χ0) is 14.1. The van der Waals surface area contributed by atoms with E-state index in [0.717, 1.165) is 16.8 Å². The van der Waals surface area contributed by atoms with E-state index < -0.39 is 0 Å². The average molecular weight is 302 g/mol. The predicted molar refractivity (Wildman–Crippen MR) is 90.7 cm³/mol. The summed E-state index contributed by atoms with van der Waals surface area (Å²) in [6.45, 7) is 2.05. The van der Waals surface area contributed by atoms with Crippen molar-refractivity contribution >= 4 is 34.2 Å². The van der Waals surface area contributed by atoms with E-state index in [-0.39, 0.29) is 0 Å². The fourth-order valence-corrected chi connectivity index (χ4v) is 4.08. The number of benzene rings is 1. The highest BCUT2D eigenvalue weighted by molar-refractivity contribution is 7.80. The molecule has 3 N–H and O–H groups in total. The number of nitrogens with two attached hydrogens (primary N) is 1. The number of aryl methyl sites for hydroxylation is 2. The second-order valence-electron chi connectivity index (χ2n) is 5.28. The summed E-state index contributed by atoms with van der Waals surface area (Å²) in [6, 6.07) is 8.90. The van der Waals surface area contributed by atoms with Crippen LogP contribution >= 0.6 is 23.6 Å². The van der Waals surface area contributed by atoms with E-state index in [1.54, 1.807) is 0 Å². The quantitative estimate of drug-likeness (QED) is 0.835. The fourth-order valence-electron chi connectivity index (χ4n) is 2.87. The zero-order valence-electron chi connectivity index (χ0n) is 11.5. The average Bonchev–Trinajstić information content (AvgIpc) is 2.87. The van der Waals surface area contributed by atoms with E-state index in [9.17, 15) is 0 Å². The number of rotatable bonds is 3. The zero-order valence-corrected chi connectivity index (χ0v) is 13.1. The number of thiophene rings is 1. The van der Waals surface area contributed by atoms with Gasteiger partial charge in [-0.3, -0.25) is 0 Å². The minimum atomic E-state index is 0.431. The van der Waals surface area contributed by atoms with Gasteiger partial charge in [0.05, 0.1) is 6.04 Å². The molecule has 0 aliphatic heterocycles. The summed E-state index contributed by atoms with van der Waals surface area (Å²) in [5, 5.41) is 5.85. The summed E-state index contributed by atoms with van der Waals surface area (Å²) < 4.78 is 0. The summed E-state index contributed by atoms with van der Waals surface area (Å²) in [6.07, 6.45) is 3.68. The highest BCUT2D eigenvalue weighted by Gasteiger charge is 2.21. The van der Waals surface area contributed by atoms with Crippen LogP contribution in [0.2, 0.25) is 0 Å². The molecule has 3 rings (SSSR count). The van der Waals surface area contributed by atoms with Gasteiger partial charge in [-0.25, -0.2) is 0 Å². The van der Waals surface area contributed by atoms with Crippen molar-refractivity contribution in [3.8, 4) is 0 Å². The minimum Gasteiger partial charge on any atom is -0.389 e. The molecule has 1 aliphatic carbocycles. The van der Waals surface area contributed by atoms with Crippen LogP contribution in [-0.2, 0) is 6.42 Å². The molecule has 1 unspecified atom stereocenters. The Labute approximate surface area is 129 Å². The highest BCUT2D eigenvalue weighted by Crippen LogP contribution is 2.35. The molecule has 2 nitrogen and oxygen atoms in total. The summed E-state index contributed by atoms with van der Waals surface area (Å²) in [5.74, 6) is 0. The van der Waals surface area contributed by atoms with Crippen molar-refractivity contribution in [3.05, 3.63) is 51.2 Å². The largest absolute Gasteiger partial charge is 0.389 e. The summed E-state index contributed by atoms with van der Waals surface area (Å²) in [7, 11) is 0. The van der Waals surface area contributed by atoms with Crippen molar-refractivity contribution in [3.63, 3.8) is 0 Å². The fraction of sp³-hybridized carbons (Fsp3) is 0.312. The van der Waals surface area contributed by atoms with Gasteiger partial charge in [0, 0.05) is 16.1 Å². The van der Waals surface area contributed by atoms with Gasteiger partial charge >= 0.3 is 0 Å². The lowest BCUT2D eigenvalue weighted by Crippen LogP contribution is -2.16. The van der Waals surface area contributed by atoms with Gasteiger partial charge in [0.25, 0.3) is 0 Å². The molecule has 0 bridgehead atoms. The van der Waals surface area contributed by atoms with Crippen molar-refractivity contribution < 1.29 is 0 Å². The first-order valence-corrected chi connectivity index (χ1v) is 8.17. The molecule has 0 spiro atoms. The number of thiocarbonyl (C=S) groups is 1. The molecule has 4 heteroatoms. The highest BCUT2D eigenvalue weighted by atomic mass is 32.1. The van der Waals surface area contributed by atoms with E-state index in [1.165, 1.54) is 29.7 Å². The summed E-state index contributed by atoms with van der Waals surface area (Å²) in [5.41, 5.74) is 10.4. The van der Waals surface area contributed by atoms with Crippen LogP contribution in [0.3, 0.4) is 0 Å². The maximum atomic E-state index is 5.71. The Bertz CT molecular complexity index is 646. The van der Waals surface area contributed by atoms with E-state index in [1.807, 2.05) is 17.4 Å². The Morgan fingerprint density at radius 2 is 2.25 bits per heavy atom. The van der Waals surface area contributed by atoms with Crippen molar-refractivity contribution in [2.45, 2.75) is 32.2 Å². The van der Waals surface area contributed by atoms with Gasteiger partial charge < -0.3 is 11.1 Å². The number of nitrogens with one attached hydrogen (secondary N) is 1. The van der Waals surface area contributed by atoms with E-state index >= 15 is 0 Å². The van der Waals surface area contributed by atoms with Crippen molar-refractivity contribution in [2.24, 2.45) is 5.73 Å². The topological polar surface area (TPSA) is 38.0 Å². The van der Waals surface area contributed by atoms with E-state index in [4.69, 9.17) is 18.0 Å². The lowest BCUT2D eigenvalue weighted by molar-refractivity contribution is 0.609. The number of fused-ring (bicyclic) bond motifs is 1. The lowest BCUT2D eigenvalue weighted by atomic mass is 9.93. The van der Waals surface area contributed by atoms with Gasteiger partial charge in [0.15, 0.2) is 0 Å². The predicted octanol–water partition coefficient (Wildman–Crippen LogP) is 4.18. The molecule has 1 heterocycles. The third-order valence-electron chi connectivity index (χ3n) is 3.88. The molecule has 0 radical (unpaired) electrons. The van der Waals surface area contributed by atoms with Crippen molar-refractivity contribution in [2.75, 3.05) is 5.32 Å². The second kappa shape index (κ2) is 5.54. The molecule has 1 atom stereocenters. The molecule has 0 saturated heterocycles. The SMILES string of the molecule is Cc1cc(NC2CCCc3sccc32)ccc1C(N)=S. The molecule has 0 fully saturated rings. The number of anilines is 1. The van der Waals surface area contributed by atoms with Crippen LogP contribution in [0.4, 0.5) is 5.69 Å². The lowest BCUT2D eigenvalue weighted by Gasteiger charge is -2.25. The monoisotopic (exact) mass is 302 g/mol. The molecule has 2 aromatic rings. The Morgan fingerprint density at radius 1 is 1.40 bits per heavy atom. The molecule has 1 aliphatic rings. The summed E-state index contributed by atoms with van der Waals surface area (Å²) >= 11 is 6.93. The van der Waals surface area contributed by atoms with Crippen LogP contribution in [0.1, 0.15) is 40.5 Å². The van der Waals surface area contributed by atoms with Gasteiger partial charge in [-0.1, -0.05) is 12.2 Å². The molecule has 0 amide bonds. The Hall–Kier alpha value is -1.39. The first-order valence-electron chi connectivity index (χ1n) is 6.88. The Balaban J connectivity index is 1.83. The van der Waals surface area contributed by atoms with E-state index in [2.05, 4.69) is 35.8 Å². The minimum absolute atomic E-state index is 0.431. The third-order valence-corrected chi connectivity index (χ3v) is 5.10. The molecule has 1 aromatic carbocycles. The van der Waals surface area contributed by atoms with E-state index in [0.29, 0.717) is 11.0 Å². The maximum absolute atomic E-state index is 5.71. The van der Waals surface area contributed by atoms with Crippen LogP contribution in [0.15, 0.2) is 29.6 Å². The normalized spacial score (nSPS) is 17.6. The standard InChI is InChI=1S/C16H18N2S2/c1-10-9-11(5-6-12(10)16(17)19)18-14-3-2-4-15-13(14)7-8-20-15/h5-9,14,18H,2-4H2,1H3,(H2,17,19). The molecule has 104 valence electrons. The van der Waals surface area contributed by atoms with Gasteiger partial charge in [0.2, 0.25) is 0 Å². The maximum Gasteiger partial charge on any atom is 0.104 e. The molecular formula is C16H18N2S2. The van der Waals surface area contributed by atoms with Gasteiger partial charge in [-0.15, -0.1) is 11.3 Å². The third kappa shape index (κ3) is 2.58. The van der Waals surface area contributed by atoms with Crippen LogP contribution < -0.4 is 11.1 Å². The van der Waals surface area contributed by atoms with Gasteiger partial charge in [0.1, 0.15) is 4.99 Å². The van der Waals surface area contributed by atoms with Crippen molar-refractivity contribution in [1.82, 2.24) is 0 Å². The van der Waals surface area contributed by atoms with Gasteiger partial charge in [-0.05, 0) is 67.0 Å². The van der Waals surface area contributed by atoms with Crippen LogP contribution in [0, 0.1) is 6.92 Å². The number of hydrogen-bond donors (Lipinski definition) is 2. The number of hydrogen-bond acceptors (Lipinski definition) is 3. The second-order valence-corrected chi connectivity index (χ2v) is 6.72. The van der Waals surface area contributed by atoms with Gasteiger partial charge in [-0.2, -0.15) is 0 Å². The van der Waals surface area contributed by atoms with Crippen LogP contribution in [0.25, 0.3) is 0 Å². The van der Waals surface area contributed by atoms with Crippen LogP contribution in [-0.4, -0.2) is 4.99 Å². The molecule has 20 heavy (non-hydrogen) atoms. The first-order chi connectivity index (χ1) is 9.65. The summed E-state index contributed by atoms with van der Waals surface area (Å²) in [4.78, 5) is 2.00. The Morgan fingerprint density at radius 3 is 3.00 bits per heavy atom.